The molecule has 0 bridgehead atoms. The van der Waals surface area contributed by atoms with Crippen molar-refractivity contribution in [1.29, 1.82) is 5.26 Å². The minimum absolute atomic E-state index is 0.0402. The van der Waals surface area contributed by atoms with Gasteiger partial charge in [0, 0.05) is 31.0 Å². The maximum absolute atomic E-state index is 13.0. The van der Waals surface area contributed by atoms with E-state index in [9.17, 15) is 29.2 Å². The highest BCUT2D eigenvalue weighted by Crippen LogP contribution is 2.23. The van der Waals surface area contributed by atoms with E-state index >= 15 is 0 Å². The van der Waals surface area contributed by atoms with Gasteiger partial charge in [0.05, 0.1) is 27.7 Å². The normalized spacial score (nSPS) is 12.4. The van der Waals surface area contributed by atoms with Crippen LogP contribution in [0.15, 0.2) is 48.5 Å². The molecule has 2 aromatic carbocycles. The Labute approximate surface area is 246 Å². The third-order valence-electron chi connectivity index (χ3n) is 6.36. The monoisotopic (exact) mass is 578 g/mol. The average molecular weight is 579 g/mol. The summed E-state index contributed by atoms with van der Waals surface area (Å²) in [4.78, 5) is 62.3. The molecule has 0 saturated heterocycles. The van der Waals surface area contributed by atoms with Crippen molar-refractivity contribution in [1.82, 2.24) is 25.8 Å². The van der Waals surface area contributed by atoms with Crippen molar-refractivity contribution >= 4 is 35.2 Å². The summed E-state index contributed by atoms with van der Waals surface area (Å²) < 4.78 is 0.403. The Morgan fingerprint density at radius 2 is 1.60 bits per heavy atom. The molecule has 0 fully saturated rings. The lowest BCUT2D eigenvalue weighted by molar-refractivity contribution is -0.130. The molecule has 0 radical (unpaired) electrons. The van der Waals surface area contributed by atoms with Gasteiger partial charge in [0.25, 0.3) is 5.91 Å². The molecule has 0 aliphatic rings. The number of quaternary nitrogens is 1. The standard InChI is InChI=1S/C30H39N7O5/c1-19(2)27(36-28(40)21-11-12-24(37(3,4)5)22(16-21)17-31)30(42)33-14-13-26(39)35-23(29(41)34-18-25(32)38)15-20-9-7-6-8-10-20/h6-12,16,19,23,27H,13-15,18H2,1-5H3,(H5-,32,33,34,35,36,38,39,40,41,42)/p+1/t23-,27?/m0/s1. The van der Waals surface area contributed by atoms with Gasteiger partial charge < -0.3 is 27.0 Å². The largest absolute Gasteiger partial charge is 0.368 e. The second-order valence-corrected chi connectivity index (χ2v) is 11.1. The summed E-state index contributed by atoms with van der Waals surface area (Å²) in [5.74, 6) is -3.02. The molecule has 12 nitrogen and oxygen atoms in total. The Morgan fingerprint density at radius 1 is 0.929 bits per heavy atom. The van der Waals surface area contributed by atoms with Crippen molar-refractivity contribution in [2.75, 3.05) is 34.2 Å². The predicted octanol–water partition coefficient (Wildman–Crippen LogP) is 0.345. The topological polar surface area (TPSA) is 183 Å². The summed E-state index contributed by atoms with van der Waals surface area (Å²) >= 11 is 0. The third kappa shape index (κ3) is 10.3. The molecule has 1 unspecified atom stereocenters. The molecule has 0 aliphatic heterocycles. The molecule has 0 saturated carbocycles. The number of benzene rings is 2. The van der Waals surface area contributed by atoms with Crippen LogP contribution in [0.4, 0.5) is 5.69 Å². The van der Waals surface area contributed by atoms with Crippen LogP contribution in [0.3, 0.4) is 0 Å². The van der Waals surface area contributed by atoms with Gasteiger partial charge in [-0.1, -0.05) is 44.2 Å². The number of amides is 5. The first-order chi connectivity index (χ1) is 19.7. The second kappa shape index (κ2) is 15.3. The van der Waals surface area contributed by atoms with Gasteiger partial charge in [0.1, 0.15) is 29.4 Å². The molecule has 6 N–H and O–H groups in total. The second-order valence-electron chi connectivity index (χ2n) is 11.1. The van der Waals surface area contributed by atoms with E-state index in [0.717, 1.165) is 11.3 Å². The molecule has 2 aromatic rings. The van der Waals surface area contributed by atoms with Gasteiger partial charge in [-0.05, 0) is 23.6 Å². The SMILES string of the molecule is CC(C)C(NC(=O)c1ccc([N+](C)(C)C)c(C#N)c1)C(=O)NCCC(=O)N[C@@H](Cc1ccccc1)C(=O)NCC(N)=O. The minimum atomic E-state index is -0.959. The van der Waals surface area contributed by atoms with Crippen LogP contribution in [0.25, 0.3) is 0 Å². The number of nitrogens with zero attached hydrogens (tertiary/aromatic N) is 2. The zero-order valence-electron chi connectivity index (χ0n) is 24.7. The Bertz CT molecular complexity index is 1330. The van der Waals surface area contributed by atoms with Crippen molar-refractivity contribution < 1.29 is 24.0 Å². The van der Waals surface area contributed by atoms with E-state index in [1.54, 1.807) is 50.2 Å². The molecule has 0 spiro atoms. The number of carbonyl (C=O) groups is 5. The van der Waals surface area contributed by atoms with E-state index in [0.29, 0.717) is 10.0 Å². The highest BCUT2D eigenvalue weighted by Gasteiger charge is 2.27. The van der Waals surface area contributed by atoms with Gasteiger partial charge in [0.2, 0.25) is 23.6 Å². The van der Waals surface area contributed by atoms with Crippen molar-refractivity contribution in [3.05, 3.63) is 65.2 Å². The number of hydrogen-bond donors (Lipinski definition) is 5. The summed E-state index contributed by atoms with van der Waals surface area (Å²) in [7, 11) is 5.74. The highest BCUT2D eigenvalue weighted by atomic mass is 16.2. The molecular formula is C30H40N7O5+. The van der Waals surface area contributed by atoms with Crippen LogP contribution in [0.1, 0.15) is 41.8 Å². The first-order valence-electron chi connectivity index (χ1n) is 13.6. The highest BCUT2D eigenvalue weighted by molar-refractivity contribution is 5.98. The molecule has 0 heterocycles. The van der Waals surface area contributed by atoms with E-state index < -0.39 is 41.6 Å². The number of hydrogen-bond acceptors (Lipinski definition) is 6. The number of nitrogens with two attached hydrogens (primary N) is 1. The Morgan fingerprint density at radius 3 is 2.17 bits per heavy atom. The summed E-state index contributed by atoms with van der Waals surface area (Å²) in [5, 5.41) is 20.0. The van der Waals surface area contributed by atoms with Gasteiger partial charge in [0.15, 0.2) is 0 Å². The number of nitrogens with one attached hydrogen (secondary N) is 4. The number of nitriles is 1. The van der Waals surface area contributed by atoms with Gasteiger partial charge in [-0.2, -0.15) is 5.26 Å². The molecule has 42 heavy (non-hydrogen) atoms. The fraction of sp³-hybridized carbons (Fsp3) is 0.400. The number of carbonyl (C=O) groups excluding carboxylic acids is 5. The first kappa shape index (κ1) is 33.4. The molecule has 5 amide bonds. The summed E-state index contributed by atoms with van der Waals surface area (Å²) in [6, 6.07) is 14.1. The van der Waals surface area contributed by atoms with Crippen molar-refractivity contribution in [2.45, 2.75) is 38.8 Å². The smallest absolute Gasteiger partial charge is 0.251 e. The first-order valence-corrected chi connectivity index (χ1v) is 13.6. The molecule has 0 aromatic heterocycles. The molecule has 224 valence electrons. The van der Waals surface area contributed by atoms with Crippen LogP contribution < -0.4 is 31.5 Å². The lowest BCUT2D eigenvalue weighted by atomic mass is 10.0. The Balaban J connectivity index is 2.00. The lowest BCUT2D eigenvalue weighted by Crippen LogP contribution is -2.51. The fourth-order valence-electron chi connectivity index (χ4n) is 4.14. The van der Waals surface area contributed by atoms with Crippen LogP contribution in [0, 0.1) is 17.2 Å². The van der Waals surface area contributed by atoms with Crippen LogP contribution in [0.5, 0.6) is 0 Å². The van der Waals surface area contributed by atoms with Gasteiger partial charge in [-0.25, -0.2) is 0 Å². The molecule has 2 atom stereocenters. The van der Waals surface area contributed by atoms with Crippen molar-refractivity contribution in [2.24, 2.45) is 11.7 Å². The summed E-state index contributed by atoms with van der Waals surface area (Å²) in [6.45, 7) is 3.14. The third-order valence-corrected chi connectivity index (χ3v) is 6.36. The summed E-state index contributed by atoms with van der Waals surface area (Å²) in [6.07, 6.45) is 0.0607. The average Bonchev–Trinajstić information content (AvgIpc) is 2.93. The van der Waals surface area contributed by atoms with Crippen LogP contribution >= 0.6 is 0 Å². The molecule has 12 heteroatoms. The van der Waals surface area contributed by atoms with E-state index in [2.05, 4.69) is 27.3 Å². The van der Waals surface area contributed by atoms with Crippen molar-refractivity contribution in [3.8, 4) is 6.07 Å². The molecular weight excluding hydrogens is 538 g/mol. The zero-order valence-corrected chi connectivity index (χ0v) is 24.7. The summed E-state index contributed by atoms with van der Waals surface area (Å²) in [5.41, 5.74) is 7.28. The quantitative estimate of drug-likeness (QED) is 0.201. The van der Waals surface area contributed by atoms with Crippen LogP contribution in [-0.2, 0) is 25.6 Å². The number of primary amides is 1. The van der Waals surface area contributed by atoms with E-state index in [1.165, 1.54) is 6.07 Å². The minimum Gasteiger partial charge on any atom is -0.368 e. The molecule has 0 aliphatic carbocycles. The van der Waals surface area contributed by atoms with Gasteiger partial charge >= 0.3 is 0 Å². The fourth-order valence-corrected chi connectivity index (χ4v) is 4.14. The molecule has 2 rings (SSSR count). The number of rotatable bonds is 14. The Hall–Kier alpha value is -4.76. The van der Waals surface area contributed by atoms with E-state index in [-0.39, 0.29) is 37.4 Å². The van der Waals surface area contributed by atoms with E-state index in [4.69, 9.17) is 5.73 Å². The van der Waals surface area contributed by atoms with Crippen LogP contribution in [-0.4, -0.2) is 75.9 Å². The lowest BCUT2D eigenvalue weighted by Gasteiger charge is -2.25. The van der Waals surface area contributed by atoms with Gasteiger partial charge in [-0.3, -0.25) is 28.5 Å². The zero-order chi connectivity index (χ0) is 31.4. The van der Waals surface area contributed by atoms with Gasteiger partial charge in [-0.15, -0.1) is 0 Å². The van der Waals surface area contributed by atoms with Crippen LogP contribution in [0.2, 0.25) is 0 Å². The van der Waals surface area contributed by atoms with E-state index in [1.807, 2.05) is 27.2 Å². The predicted molar refractivity (Wildman–Crippen MR) is 159 cm³/mol. The Kier molecular flexibility index (Phi) is 12.2. The maximum atomic E-state index is 13.0. The maximum Gasteiger partial charge on any atom is 0.251 e. The van der Waals surface area contributed by atoms with Crippen molar-refractivity contribution in [3.63, 3.8) is 0 Å².